The van der Waals surface area contributed by atoms with E-state index in [4.69, 9.17) is 0 Å². The van der Waals surface area contributed by atoms with E-state index in [2.05, 4.69) is 0 Å². The molecule has 3 rings (SSSR count). The molecule has 1 saturated heterocycles. The monoisotopic (exact) mass is 359 g/mol. The Morgan fingerprint density at radius 3 is 2.42 bits per heavy atom. The van der Waals surface area contributed by atoms with Crippen molar-refractivity contribution in [2.75, 3.05) is 13.1 Å². The summed E-state index contributed by atoms with van der Waals surface area (Å²) in [6.45, 7) is 1.23. The van der Waals surface area contributed by atoms with E-state index in [0.29, 0.717) is 25.1 Å². The van der Waals surface area contributed by atoms with Gasteiger partial charge in [-0.2, -0.15) is 0 Å². The molecule has 0 bridgehead atoms. The molecule has 0 spiro atoms. The van der Waals surface area contributed by atoms with Crippen molar-refractivity contribution in [3.63, 3.8) is 0 Å². The molecule has 1 fully saturated rings. The first-order valence-corrected chi connectivity index (χ1v) is 8.99. The molecule has 1 heterocycles. The standard InChI is InChI=1S/C21H23F2NO2/c22-18-8-6-15(14-19(18)23)7-9-20(25)24-12-10-17(11-13-24)21(26)16-4-2-1-3-5-16/h1-6,8,14,17,21,26H,7,9-13H2. The predicted molar refractivity (Wildman–Crippen MR) is 95.4 cm³/mol. The minimum absolute atomic E-state index is 0.0161. The summed E-state index contributed by atoms with van der Waals surface area (Å²) in [6.07, 6.45) is 1.68. The van der Waals surface area contributed by atoms with Gasteiger partial charge in [-0.15, -0.1) is 0 Å². The molecule has 1 aliphatic heterocycles. The third-order valence-corrected chi connectivity index (χ3v) is 5.09. The zero-order chi connectivity index (χ0) is 18.5. The normalized spacial score (nSPS) is 16.5. The third-order valence-electron chi connectivity index (χ3n) is 5.09. The Labute approximate surface area is 152 Å². The fourth-order valence-corrected chi connectivity index (χ4v) is 3.49. The Bertz CT molecular complexity index is 743. The van der Waals surface area contributed by atoms with Crippen LogP contribution in [0, 0.1) is 17.6 Å². The van der Waals surface area contributed by atoms with Gasteiger partial charge in [0.1, 0.15) is 0 Å². The summed E-state index contributed by atoms with van der Waals surface area (Å²) >= 11 is 0. The number of hydrogen-bond donors (Lipinski definition) is 1. The van der Waals surface area contributed by atoms with E-state index >= 15 is 0 Å². The largest absolute Gasteiger partial charge is 0.388 e. The van der Waals surface area contributed by atoms with Gasteiger partial charge in [0.25, 0.3) is 0 Å². The van der Waals surface area contributed by atoms with E-state index in [0.717, 1.165) is 30.5 Å². The number of amides is 1. The summed E-state index contributed by atoms with van der Waals surface area (Å²) < 4.78 is 26.2. The lowest BCUT2D eigenvalue weighted by atomic mass is 9.87. The summed E-state index contributed by atoms with van der Waals surface area (Å²) in [6, 6.07) is 13.3. The van der Waals surface area contributed by atoms with Gasteiger partial charge in [0.15, 0.2) is 11.6 Å². The molecule has 0 saturated carbocycles. The van der Waals surface area contributed by atoms with Crippen molar-refractivity contribution in [1.82, 2.24) is 4.90 Å². The Hall–Kier alpha value is -2.27. The van der Waals surface area contributed by atoms with Gasteiger partial charge in [0.2, 0.25) is 5.91 Å². The molecule has 1 aliphatic rings. The zero-order valence-electron chi connectivity index (χ0n) is 14.6. The predicted octanol–water partition coefficient (Wildman–Crippen LogP) is 3.87. The Kier molecular flexibility index (Phi) is 5.99. The van der Waals surface area contributed by atoms with Crippen molar-refractivity contribution in [3.8, 4) is 0 Å². The van der Waals surface area contributed by atoms with Crippen LogP contribution in [0.1, 0.15) is 36.5 Å². The van der Waals surface area contributed by atoms with E-state index in [9.17, 15) is 18.7 Å². The van der Waals surface area contributed by atoms with Crippen LogP contribution in [0.3, 0.4) is 0 Å². The number of piperidine rings is 1. The Morgan fingerprint density at radius 1 is 1.08 bits per heavy atom. The maximum atomic E-state index is 13.2. The molecule has 1 unspecified atom stereocenters. The van der Waals surface area contributed by atoms with Crippen LogP contribution in [0.4, 0.5) is 8.78 Å². The first-order valence-electron chi connectivity index (χ1n) is 8.99. The first kappa shape index (κ1) is 18.5. The fraction of sp³-hybridized carbons (Fsp3) is 0.381. The number of benzene rings is 2. The highest BCUT2D eigenvalue weighted by molar-refractivity contribution is 5.76. The van der Waals surface area contributed by atoms with Gasteiger partial charge in [0.05, 0.1) is 6.10 Å². The van der Waals surface area contributed by atoms with E-state index in [1.165, 1.54) is 6.07 Å². The highest BCUT2D eigenvalue weighted by Crippen LogP contribution is 2.30. The highest BCUT2D eigenvalue weighted by Gasteiger charge is 2.28. The van der Waals surface area contributed by atoms with E-state index in [1.54, 1.807) is 4.90 Å². The fourth-order valence-electron chi connectivity index (χ4n) is 3.49. The molecule has 0 aliphatic carbocycles. The second-order valence-electron chi connectivity index (χ2n) is 6.82. The van der Waals surface area contributed by atoms with Crippen LogP contribution in [-0.2, 0) is 11.2 Å². The van der Waals surface area contributed by atoms with Gasteiger partial charge in [0, 0.05) is 19.5 Å². The molecule has 1 N–H and O–H groups in total. The second kappa shape index (κ2) is 8.41. The van der Waals surface area contributed by atoms with Crippen molar-refractivity contribution in [3.05, 3.63) is 71.3 Å². The number of nitrogens with zero attached hydrogens (tertiary/aromatic N) is 1. The first-order chi connectivity index (χ1) is 12.5. The summed E-state index contributed by atoms with van der Waals surface area (Å²) in [5.41, 5.74) is 1.53. The Balaban J connectivity index is 1.48. The minimum Gasteiger partial charge on any atom is -0.388 e. The number of aliphatic hydroxyl groups is 1. The quantitative estimate of drug-likeness (QED) is 0.880. The van der Waals surface area contributed by atoms with Gasteiger partial charge in [-0.3, -0.25) is 4.79 Å². The number of likely N-dealkylation sites (tertiary alicyclic amines) is 1. The summed E-state index contributed by atoms with van der Waals surface area (Å²) in [5.74, 6) is -1.60. The SMILES string of the molecule is O=C(CCc1ccc(F)c(F)c1)N1CCC(C(O)c2ccccc2)CC1. The molecule has 1 atom stereocenters. The van der Waals surface area contributed by atoms with Crippen LogP contribution >= 0.6 is 0 Å². The van der Waals surface area contributed by atoms with Crippen molar-refractivity contribution in [2.24, 2.45) is 5.92 Å². The maximum Gasteiger partial charge on any atom is 0.222 e. The molecule has 26 heavy (non-hydrogen) atoms. The van der Waals surface area contributed by atoms with Gasteiger partial charge in [-0.1, -0.05) is 36.4 Å². The van der Waals surface area contributed by atoms with Crippen LogP contribution in [0.15, 0.2) is 48.5 Å². The van der Waals surface area contributed by atoms with Crippen molar-refractivity contribution < 1.29 is 18.7 Å². The average Bonchev–Trinajstić information content (AvgIpc) is 2.69. The molecule has 2 aromatic rings. The van der Waals surface area contributed by atoms with Crippen molar-refractivity contribution in [1.29, 1.82) is 0 Å². The number of halogens is 2. The molecule has 138 valence electrons. The number of carbonyl (C=O) groups is 1. The van der Waals surface area contributed by atoms with Crippen LogP contribution in [0.5, 0.6) is 0 Å². The van der Waals surface area contributed by atoms with Crippen molar-refractivity contribution in [2.45, 2.75) is 31.8 Å². The van der Waals surface area contributed by atoms with E-state index < -0.39 is 17.7 Å². The lowest BCUT2D eigenvalue weighted by Gasteiger charge is -2.34. The summed E-state index contributed by atoms with van der Waals surface area (Å²) in [7, 11) is 0. The molecule has 3 nitrogen and oxygen atoms in total. The number of carbonyl (C=O) groups excluding carboxylic acids is 1. The molecule has 0 radical (unpaired) electrons. The van der Waals surface area contributed by atoms with Crippen LogP contribution in [0.2, 0.25) is 0 Å². The van der Waals surface area contributed by atoms with Crippen LogP contribution in [0.25, 0.3) is 0 Å². The van der Waals surface area contributed by atoms with Crippen LogP contribution < -0.4 is 0 Å². The highest BCUT2D eigenvalue weighted by atomic mass is 19.2. The molecule has 0 aromatic heterocycles. The lowest BCUT2D eigenvalue weighted by Crippen LogP contribution is -2.39. The summed E-state index contributed by atoms with van der Waals surface area (Å²) in [4.78, 5) is 14.2. The number of rotatable bonds is 5. The van der Waals surface area contributed by atoms with Crippen molar-refractivity contribution >= 4 is 5.91 Å². The van der Waals surface area contributed by atoms with Crippen LogP contribution in [-0.4, -0.2) is 29.0 Å². The van der Waals surface area contributed by atoms with Gasteiger partial charge < -0.3 is 10.0 Å². The smallest absolute Gasteiger partial charge is 0.222 e. The minimum atomic E-state index is -0.884. The number of aryl methyl sites for hydroxylation is 1. The molecule has 5 heteroatoms. The van der Waals surface area contributed by atoms with Gasteiger partial charge in [-0.25, -0.2) is 8.78 Å². The molecule has 2 aromatic carbocycles. The third kappa shape index (κ3) is 4.47. The van der Waals surface area contributed by atoms with Gasteiger partial charge >= 0.3 is 0 Å². The zero-order valence-corrected chi connectivity index (χ0v) is 14.6. The van der Waals surface area contributed by atoms with E-state index in [1.807, 2.05) is 30.3 Å². The maximum absolute atomic E-state index is 13.2. The van der Waals surface area contributed by atoms with E-state index in [-0.39, 0.29) is 18.2 Å². The lowest BCUT2D eigenvalue weighted by molar-refractivity contribution is -0.133. The molecule has 1 amide bonds. The second-order valence-corrected chi connectivity index (χ2v) is 6.82. The Morgan fingerprint density at radius 2 is 1.77 bits per heavy atom. The topological polar surface area (TPSA) is 40.5 Å². The average molecular weight is 359 g/mol. The summed E-state index contributed by atoms with van der Waals surface area (Å²) in [5, 5.41) is 10.5. The molecular weight excluding hydrogens is 336 g/mol. The molecular formula is C21H23F2NO2. The number of aliphatic hydroxyl groups excluding tert-OH is 1. The number of hydrogen-bond acceptors (Lipinski definition) is 2. The van der Waals surface area contributed by atoms with Gasteiger partial charge in [-0.05, 0) is 48.4 Å².